The molecule has 4 nitrogen and oxygen atoms in total. The van der Waals surface area contributed by atoms with E-state index >= 15 is 0 Å². The summed E-state index contributed by atoms with van der Waals surface area (Å²) in [6, 6.07) is 8.61. The first-order chi connectivity index (χ1) is 10.3. The number of nitrogens with one attached hydrogen (secondary N) is 1. The van der Waals surface area contributed by atoms with Gasteiger partial charge in [-0.15, -0.1) is 0 Å². The van der Waals surface area contributed by atoms with Crippen LogP contribution < -0.4 is 14.8 Å². The van der Waals surface area contributed by atoms with Gasteiger partial charge in [0.15, 0.2) is 0 Å². The van der Waals surface area contributed by atoms with E-state index in [2.05, 4.69) is 24.2 Å². The molecule has 1 saturated heterocycles. The van der Waals surface area contributed by atoms with Crippen molar-refractivity contribution in [3.63, 3.8) is 0 Å². The minimum absolute atomic E-state index is 0.692. The molecule has 0 aliphatic carbocycles. The molecular weight excluding hydrogens is 264 g/mol. The Balaban J connectivity index is 1.64. The average molecular weight is 292 g/mol. The zero-order chi connectivity index (χ0) is 14.9. The molecule has 1 heterocycles. The van der Waals surface area contributed by atoms with E-state index in [1.54, 1.807) is 0 Å². The fraction of sp³-hybridized carbons (Fsp3) is 0.647. The maximum absolute atomic E-state index is 5.81. The van der Waals surface area contributed by atoms with Gasteiger partial charge in [0.1, 0.15) is 18.1 Å². The predicted molar refractivity (Wildman–Crippen MR) is 86.2 cm³/mol. The maximum Gasteiger partial charge on any atom is 0.119 e. The topological polar surface area (TPSA) is 33.7 Å². The Morgan fingerprint density at radius 3 is 2.14 bits per heavy atom. The van der Waals surface area contributed by atoms with Gasteiger partial charge in [0.2, 0.25) is 0 Å². The van der Waals surface area contributed by atoms with Crippen molar-refractivity contribution in [2.24, 2.45) is 0 Å². The third-order valence-corrected chi connectivity index (χ3v) is 3.97. The Morgan fingerprint density at radius 2 is 1.62 bits per heavy atom. The Kier molecular flexibility index (Phi) is 6.83. The molecular formula is C17H28N2O2. The number of rotatable bonds is 8. The van der Waals surface area contributed by atoms with Gasteiger partial charge >= 0.3 is 0 Å². The normalized spacial score (nSPS) is 16.9. The first-order valence-corrected chi connectivity index (χ1v) is 8.07. The lowest BCUT2D eigenvalue weighted by molar-refractivity contribution is 0.167. The number of hydrogen-bond acceptors (Lipinski definition) is 4. The fourth-order valence-electron chi connectivity index (χ4n) is 2.59. The molecule has 0 bridgehead atoms. The molecule has 0 amide bonds. The average Bonchev–Trinajstić information content (AvgIpc) is 2.55. The molecule has 0 aromatic heterocycles. The zero-order valence-electron chi connectivity index (χ0n) is 13.3. The lowest BCUT2D eigenvalue weighted by Gasteiger charge is -2.31. The summed E-state index contributed by atoms with van der Waals surface area (Å²) in [5.74, 6) is 1.84. The van der Waals surface area contributed by atoms with Crippen LogP contribution in [0.1, 0.15) is 26.2 Å². The van der Waals surface area contributed by atoms with Crippen LogP contribution >= 0.6 is 0 Å². The van der Waals surface area contributed by atoms with Crippen molar-refractivity contribution in [1.29, 1.82) is 0 Å². The predicted octanol–water partition coefficient (Wildman–Crippen LogP) is 2.54. The summed E-state index contributed by atoms with van der Waals surface area (Å²) in [6.07, 6.45) is 3.50. The van der Waals surface area contributed by atoms with Gasteiger partial charge in [0, 0.05) is 12.6 Å². The Bertz CT molecular complexity index is 386. The molecule has 0 radical (unpaired) electrons. The van der Waals surface area contributed by atoms with E-state index in [0.29, 0.717) is 6.04 Å². The summed E-state index contributed by atoms with van der Waals surface area (Å²) in [5, 5.41) is 3.36. The highest BCUT2D eigenvalue weighted by atomic mass is 16.5. The number of likely N-dealkylation sites (tertiary alicyclic amines) is 1. The molecule has 1 aliphatic heterocycles. The van der Waals surface area contributed by atoms with Gasteiger partial charge in [-0.1, -0.05) is 6.92 Å². The highest BCUT2D eigenvalue weighted by molar-refractivity contribution is 5.31. The van der Waals surface area contributed by atoms with Gasteiger partial charge in [-0.05, 0) is 63.7 Å². The molecule has 0 saturated carbocycles. The van der Waals surface area contributed by atoms with E-state index in [0.717, 1.165) is 37.7 Å². The summed E-state index contributed by atoms with van der Waals surface area (Å²) < 4.78 is 11.4. The Hall–Kier alpha value is -1.26. The Labute approximate surface area is 128 Å². The Morgan fingerprint density at radius 1 is 1.05 bits per heavy atom. The molecule has 4 heteroatoms. The highest BCUT2D eigenvalue weighted by Gasteiger charge is 2.17. The van der Waals surface area contributed by atoms with Crippen molar-refractivity contribution in [3.05, 3.63) is 24.3 Å². The van der Waals surface area contributed by atoms with E-state index in [9.17, 15) is 0 Å². The summed E-state index contributed by atoms with van der Waals surface area (Å²) >= 11 is 0. The summed E-state index contributed by atoms with van der Waals surface area (Å²) in [4.78, 5) is 2.48. The number of piperidine rings is 1. The van der Waals surface area contributed by atoms with Crippen molar-refractivity contribution in [1.82, 2.24) is 10.2 Å². The van der Waals surface area contributed by atoms with Gasteiger partial charge in [0.05, 0.1) is 6.61 Å². The van der Waals surface area contributed by atoms with Crippen LogP contribution in [0.25, 0.3) is 0 Å². The van der Waals surface area contributed by atoms with E-state index < -0.39 is 0 Å². The number of nitrogens with zero attached hydrogens (tertiary/aromatic N) is 1. The smallest absolute Gasteiger partial charge is 0.119 e. The third kappa shape index (κ3) is 5.56. The van der Waals surface area contributed by atoms with Crippen LogP contribution in [0.3, 0.4) is 0 Å². The van der Waals surface area contributed by atoms with Crippen LogP contribution in [-0.4, -0.2) is 50.8 Å². The second-order valence-electron chi connectivity index (χ2n) is 5.57. The van der Waals surface area contributed by atoms with Crippen LogP contribution in [0.2, 0.25) is 0 Å². The highest BCUT2D eigenvalue weighted by Crippen LogP contribution is 2.18. The number of hydrogen-bond donors (Lipinski definition) is 1. The van der Waals surface area contributed by atoms with Gasteiger partial charge < -0.3 is 14.8 Å². The fourth-order valence-corrected chi connectivity index (χ4v) is 2.59. The van der Waals surface area contributed by atoms with Gasteiger partial charge in [-0.3, -0.25) is 4.90 Å². The van der Waals surface area contributed by atoms with Gasteiger partial charge in [0.25, 0.3) is 0 Å². The molecule has 0 atom stereocenters. The van der Waals surface area contributed by atoms with E-state index in [1.165, 1.54) is 25.9 Å². The monoisotopic (exact) mass is 292 g/mol. The molecule has 1 aliphatic rings. The van der Waals surface area contributed by atoms with E-state index in [-0.39, 0.29) is 0 Å². The molecule has 118 valence electrons. The maximum atomic E-state index is 5.81. The summed E-state index contributed by atoms with van der Waals surface area (Å²) in [7, 11) is 2.05. The standard InChI is InChI=1S/C17H28N2O2/c1-3-13-20-16-4-6-17(7-5-16)21-14-12-19-10-8-15(18-2)9-11-19/h4-7,15,18H,3,8-14H2,1-2H3. The van der Waals surface area contributed by atoms with Crippen molar-refractivity contribution < 1.29 is 9.47 Å². The molecule has 0 unspecified atom stereocenters. The number of benzene rings is 1. The number of ether oxygens (including phenoxy) is 2. The molecule has 2 rings (SSSR count). The second-order valence-corrected chi connectivity index (χ2v) is 5.57. The van der Waals surface area contributed by atoms with E-state index in [4.69, 9.17) is 9.47 Å². The van der Waals surface area contributed by atoms with Crippen molar-refractivity contribution in [2.75, 3.05) is 39.9 Å². The van der Waals surface area contributed by atoms with Crippen LogP contribution in [0.4, 0.5) is 0 Å². The molecule has 1 aromatic rings. The minimum atomic E-state index is 0.692. The summed E-state index contributed by atoms with van der Waals surface area (Å²) in [6.45, 7) is 6.96. The zero-order valence-corrected chi connectivity index (χ0v) is 13.3. The van der Waals surface area contributed by atoms with Crippen molar-refractivity contribution in [2.45, 2.75) is 32.2 Å². The van der Waals surface area contributed by atoms with Crippen LogP contribution in [0.15, 0.2) is 24.3 Å². The first kappa shape index (κ1) is 16.1. The molecule has 21 heavy (non-hydrogen) atoms. The van der Waals surface area contributed by atoms with Crippen LogP contribution in [0, 0.1) is 0 Å². The largest absolute Gasteiger partial charge is 0.494 e. The molecule has 0 spiro atoms. The molecule has 1 N–H and O–H groups in total. The third-order valence-electron chi connectivity index (χ3n) is 3.97. The summed E-state index contributed by atoms with van der Waals surface area (Å²) in [5.41, 5.74) is 0. The van der Waals surface area contributed by atoms with Crippen LogP contribution in [-0.2, 0) is 0 Å². The quantitative estimate of drug-likeness (QED) is 0.798. The lowest BCUT2D eigenvalue weighted by Crippen LogP contribution is -2.42. The minimum Gasteiger partial charge on any atom is -0.494 e. The van der Waals surface area contributed by atoms with Crippen LogP contribution in [0.5, 0.6) is 11.5 Å². The molecule has 1 fully saturated rings. The van der Waals surface area contributed by atoms with Crippen molar-refractivity contribution >= 4 is 0 Å². The SMILES string of the molecule is CCCOc1ccc(OCCN2CCC(NC)CC2)cc1. The van der Waals surface area contributed by atoms with Gasteiger partial charge in [-0.2, -0.15) is 0 Å². The second kappa shape index (κ2) is 8.90. The first-order valence-electron chi connectivity index (χ1n) is 8.07. The van der Waals surface area contributed by atoms with E-state index in [1.807, 2.05) is 24.3 Å². The van der Waals surface area contributed by atoms with Crippen molar-refractivity contribution in [3.8, 4) is 11.5 Å². The molecule has 1 aromatic carbocycles. The lowest BCUT2D eigenvalue weighted by atomic mass is 10.1. The van der Waals surface area contributed by atoms with Gasteiger partial charge in [-0.25, -0.2) is 0 Å².